The van der Waals surface area contributed by atoms with Gasteiger partial charge < -0.3 is 10.1 Å². The fourth-order valence-corrected chi connectivity index (χ4v) is 3.76. The van der Waals surface area contributed by atoms with Crippen LogP contribution in [-0.4, -0.2) is 44.6 Å². The zero-order valence-corrected chi connectivity index (χ0v) is 15.8. The van der Waals surface area contributed by atoms with Gasteiger partial charge in [-0.2, -0.15) is 0 Å². The highest BCUT2D eigenvalue weighted by Crippen LogP contribution is 2.20. The molecule has 2 heterocycles. The third-order valence-corrected chi connectivity index (χ3v) is 5.30. The number of amides is 1. The van der Waals surface area contributed by atoms with Crippen molar-refractivity contribution in [2.45, 2.75) is 56.5 Å². The molecule has 1 aromatic heterocycles. The maximum Gasteiger partial charge on any atom is 0.230 e. The third-order valence-electron chi connectivity index (χ3n) is 4.35. The van der Waals surface area contributed by atoms with Crippen LogP contribution in [0.3, 0.4) is 0 Å². The first-order chi connectivity index (χ1) is 12.8. The highest BCUT2D eigenvalue weighted by molar-refractivity contribution is 7.99. The van der Waals surface area contributed by atoms with Crippen LogP contribution < -0.4 is 5.32 Å². The molecule has 1 amide bonds. The van der Waals surface area contributed by atoms with E-state index in [1.165, 1.54) is 11.8 Å². The molecule has 2 atom stereocenters. The summed E-state index contributed by atoms with van der Waals surface area (Å²) in [4.78, 5) is 12.4. The molecule has 26 heavy (non-hydrogen) atoms. The van der Waals surface area contributed by atoms with E-state index in [-0.39, 0.29) is 18.1 Å². The van der Waals surface area contributed by atoms with Crippen LogP contribution in [0.4, 0.5) is 0 Å². The monoisotopic (exact) mass is 375 g/mol. The van der Waals surface area contributed by atoms with E-state index in [9.17, 15) is 4.79 Å². The first-order valence-electron chi connectivity index (χ1n) is 9.11. The van der Waals surface area contributed by atoms with Crippen molar-refractivity contribution in [2.75, 3.05) is 12.4 Å². The number of carbonyl (C=O) groups is 1. The van der Waals surface area contributed by atoms with Gasteiger partial charge in [0.1, 0.15) is 0 Å². The van der Waals surface area contributed by atoms with E-state index in [1.807, 2.05) is 18.2 Å². The molecule has 0 spiro atoms. The van der Waals surface area contributed by atoms with Gasteiger partial charge >= 0.3 is 0 Å². The van der Waals surface area contributed by atoms with E-state index in [1.54, 1.807) is 4.68 Å². The van der Waals surface area contributed by atoms with Crippen molar-refractivity contribution in [3.05, 3.63) is 35.9 Å². The lowest BCUT2D eigenvalue weighted by atomic mass is 10.0. The van der Waals surface area contributed by atoms with E-state index >= 15 is 0 Å². The summed E-state index contributed by atoms with van der Waals surface area (Å²) in [5.41, 5.74) is 1.14. The Bertz CT molecular complexity index is 688. The molecule has 8 heteroatoms. The van der Waals surface area contributed by atoms with Crippen LogP contribution in [0.25, 0.3) is 0 Å². The SMILES string of the molecule is CCCC(NC(=O)CSc1nnnn1CC1CCCO1)c1ccccc1. The van der Waals surface area contributed by atoms with Gasteiger partial charge in [0, 0.05) is 6.61 Å². The molecule has 1 aliphatic rings. The second-order valence-electron chi connectivity index (χ2n) is 6.39. The average Bonchev–Trinajstić information content (AvgIpc) is 3.33. The fraction of sp³-hybridized carbons (Fsp3) is 0.556. The molecule has 1 saturated heterocycles. The quantitative estimate of drug-likeness (QED) is 0.679. The van der Waals surface area contributed by atoms with Crippen molar-refractivity contribution in [2.24, 2.45) is 0 Å². The lowest BCUT2D eigenvalue weighted by Crippen LogP contribution is -2.30. The lowest BCUT2D eigenvalue weighted by molar-refractivity contribution is -0.119. The van der Waals surface area contributed by atoms with Crippen molar-refractivity contribution >= 4 is 17.7 Å². The molecule has 2 aromatic rings. The summed E-state index contributed by atoms with van der Waals surface area (Å²) in [6.45, 7) is 3.56. The van der Waals surface area contributed by atoms with Gasteiger partial charge in [-0.15, -0.1) is 5.10 Å². The van der Waals surface area contributed by atoms with Gasteiger partial charge in [-0.1, -0.05) is 55.4 Å². The molecule has 140 valence electrons. The van der Waals surface area contributed by atoms with Crippen molar-refractivity contribution in [3.8, 4) is 0 Å². The van der Waals surface area contributed by atoms with E-state index < -0.39 is 0 Å². The minimum absolute atomic E-state index is 0.0102. The summed E-state index contributed by atoms with van der Waals surface area (Å²) in [7, 11) is 0. The number of nitrogens with one attached hydrogen (secondary N) is 1. The maximum absolute atomic E-state index is 12.4. The highest BCUT2D eigenvalue weighted by Gasteiger charge is 2.20. The zero-order valence-electron chi connectivity index (χ0n) is 15.0. The maximum atomic E-state index is 12.4. The Kier molecular flexibility index (Phi) is 7.02. The van der Waals surface area contributed by atoms with Gasteiger partial charge in [0.2, 0.25) is 11.1 Å². The van der Waals surface area contributed by atoms with Crippen LogP contribution in [0.5, 0.6) is 0 Å². The summed E-state index contributed by atoms with van der Waals surface area (Å²) in [6, 6.07) is 10.1. The molecular weight excluding hydrogens is 350 g/mol. The number of hydrogen-bond donors (Lipinski definition) is 1. The molecule has 3 rings (SSSR count). The average molecular weight is 375 g/mol. The van der Waals surface area contributed by atoms with Crippen LogP contribution in [0.1, 0.15) is 44.2 Å². The second-order valence-corrected chi connectivity index (χ2v) is 7.33. The summed E-state index contributed by atoms with van der Waals surface area (Å²) < 4.78 is 7.36. The molecule has 1 aliphatic heterocycles. The van der Waals surface area contributed by atoms with Gasteiger partial charge in [0.25, 0.3) is 0 Å². The van der Waals surface area contributed by atoms with E-state index in [0.717, 1.165) is 37.9 Å². The molecule has 1 fully saturated rings. The molecule has 7 nitrogen and oxygen atoms in total. The standard InChI is InChI=1S/C18H25N5O2S/c1-2-7-16(14-8-4-3-5-9-14)19-17(24)13-26-18-20-21-22-23(18)12-15-10-6-11-25-15/h3-5,8-9,15-16H,2,6-7,10-13H2,1H3,(H,19,24). The Morgan fingerprint density at radius 3 is 3.00 bits per heavy atom. The summed E-state index contributed by atoms with van der Waals surface area (Å²) in [5, 5.41) is 15.6. The molecule has 0 bridgehead atoms. The Morgan fingerprint density at radius 2 is 2.27 bits per heavy atom. The topological polar surface area (TPSA) is 81.9 Å². The van der Waals surface area contributed by atoms with Gasteiger partial charge in [-0.3, -0.25) is 4.79 Å². The van der Waals surface area contributed by atoms with Gasteiger partial charge in [-0.05, 0) is 35.3 Å². The van der Waals surface area contributed by atoms with Crippen molar-refractivity contribution < 1.29 is 9.53 Å². The van der Waals surface area contributed by atoms with Crippen LogP contribution >= 0.6 is 11.8 Å². The second kappa shape index (κ2) is 9.68. The van der Waals surface area contributed by atoms with Gasteiger partial charge in [-0.25, -0.2) is 4.68 Å². The Labute approximate surface area is 157 Å². The molecule has 0 saturated carbocycles. The molecule has 0 aliphatic carbocycles. The highest BCUT2D eigenvalue weighted by atomic mass is 32.2. The van der Waals surface area contributed by atoms with E-state index in [4.69, 9.17) is 4.74 Å². The molecule has 2 unspecified atom stereocenters. The Hall–Kier alpha value is -1.93. The molecule has 1 N–H and O–H groups in total. The van der Waals surface area contributed by atoms with Crippen LogP contribution in [-0.2, 0) is 16.1 Å². The van der Waals surface area contributed by atoms with E-state index in [0.29, 0.717) is 17.5 Å². The number of carbonyl (C=O) groups excluding carboxylic acids is 1. The number of nitrogens with zero attached hydrogens (tertiary/aromatic N) is 4. The smallest absolute Gasteiger partial charge is 0.230 e. The first kappa shape index (κ1) is 18.8. The van der Waals surface area contributed by atoms with Gasteiger partial charge in [0.15, 0.2) is 0 Å². The van der Waals surface area contributed by atoms with Crippen molar-refractivity contribution in [1.82, 2.24) is 25.5 Å². The number of aromatic nitrogens is 4. The van der Waals surface area contributed by atoms with Gasteiger partial charge in [0.05, 0.1) is 24.4 Å². The lowest BCUT2D eigenvalue weighted by Gasteiger charge is -2.18. The summed E-state index contributed by atoms with van der Waals surface area (Å²) in [6.07, 6.45) is 4.19. The first-order valence-corrected chi connectivity index (χ1v) is 10.1. The van der Waals surface area contributed by atoms with E-state index in [2.05, 4.69) is 39.9 Å². The number of ether oxygens (including phenoxy) is 1. The number of rotatable bonds is 9. The predicted molar refractivity (Wildman–Crippen MR) is 99.7 cm³/mol. The predicted octanol–water partition coefficient (Wildman–Crippen LogP) is 2.60. The van der Waals surface area contributed by atoms with Crippen LogP contribution in [0, 0.1) is 0 Å². The number of hydrogen-bond acceptors (Lipinski definition) is 6. The Balaban J connectivity index is 1.52. The van der Waals surface area contributed by atoms with Crippen LogP contribution in [0.2, 0.25) is 0 Å². The van der Waals surface area contributed by atoms with Crippen molar-refractivity contribution in [1.29, 1.82) is 0 Å². The molecular formula is C18H25N5O2S. The number of thioether (sulfide) groups is 1. The normalized spacial score (nSPS) is 18.0. The fourth-order valence-electron chi connectivity index (χ4n) is 3.06. The number of tetrazole rings is 1. The summed E-state index contributed by atoms with van der Waals surface area (Å²) in [5.74, 6) is 0.280. The molecule has 1 aromatic carbocycles. The largest absolute Gasteiger partial charge is 0.376 e. The summed E-state index contributed by atoms with van der Waals surface area (Å²) >= 11 is 1.36. The minimum atomic E-state index is -0.0102. The Morgan fingerprint density at radius 1 is 1.42 bits per heavy atom. The number of benzene rings is 1. The zero-order chi connectivity index (χ0) is 18.2. The van der Waals surface area contributed by atoms with Crippen molar-refractivity contribution in [3.63, 3.8) is 0 Å². The third kappa shape index (κ3) is 5.28. The minimum Gasteiger partial charge on any atom is -0.376 e. The molecule has 0 radical (unpaired) electrons. The van der Waals surface area contributed by atoms with Crippen LogP contribution in [0.15, 0.2) is 35.5 Å².